The largest absolute Gasteiger partial charge is 0.312 e. The molecule has 0 aliphatic carbocycles. The van der Waals surface area contributed by atoms with E-state index in [9.17, 15) is 9.18 Å². The average molecular weight is 166 g/mol. The lowest BCUT2D eigenvalue weighted by Gasteiger charge is -2.00. The van der Waals surface area contributed by atoms with E-state index in [2.05, 4.69) is 0 Å². The second kappa shape index (κ2) is 3.67. The third kappa shape index (κ3) is 1.70. The lowest BCUT2D eigenvalue weighted by molar-refractivity contribution is 0.440. The van der Waals surface area contributed by atoms with E-state index in [0.717, 1.165) is 0 Å². The van der Waals surface area contributed by atoms with Crippen LogP contribution in [0.3, 0.4) is 0 Å². The number of rotatable bonds is 2. The van der Waals surface area contributed by atoms with Crippen molar-refractivity contribution in [3.63, 3.8) is 0 Å². The van der Waals surface area contributed by atoms with Gasteiger partial charge in [0, 0.05) is 12.3 Å². The normalized spacial score (nSPS) is 9.33. The molecule has 62 valence electrons. The number of alkyl halides is 1. The van der Waals surface area contributed by atoms with Crippen molar-refractivity contribution < 1.29 is 4.39 Å². The Bertz CT molecular complexity index is 364. The maximum atomic E-state index is 11.9. The molecule has 0 aliphatic heterocycles. The minimum Gasteiger partial charge on any atom is -0.312 e. The summed E-state index contributed by atoms with van der Waals surface area (Å²) in [7, 11) is 0. The van der Waals surface area contributed by atoms with Gasteiger partial charge in [-0.3, -0.25) is 4.79 Å². The maximum Gasteiger partial charge on any atom is 0.250 e. The van der Waals surface area contributed by atoms with Gasteiger partial charge < -0.3 is 4.57 Å². The lowest BCUT2D eigenvalue weighted by atomic mass is 10.3. The molecule has 0 spiro atoms. The van der Waals surface area contributed by atoms with Gasteiger partial charge in [0.15, 0.2) is 0 Å². The number of aromatic nitrogens is 1. The van der Waals surface area contributed by atoms with Gasteiger partial charge in [0.05, 0.1) is 12.1 Å². The molecule has 0 saturated carbocycles. The molecule has 0 aromatic carbocycles. The van der Waals surface area contributed by atoms with E-state index < -0.39 is 6.67 Å². The van der Waals surface area contributed by atoms with Gasteiger partial charge >= 0.3 is 0 Å². The summed E-state index contributed by atoms with van der Waals surface area (Å²) in [5, 5.41) is 8.46. The van der Waals surface area contributed by atoms with Crippen molar-refractivity contribution in [2.24, 2.45) is 0 Å². The van der Waals surface area contributed by atoms with Crippen LogP contribution in [0.4, 0.5) is 4.39 Å². The molecule has 0 saturated heterocycles. The van der Waals surface area contributed by atoms with Crippen molar-refractivity contribution >= 4 is 0 Å². The van der Waals surface area contributed by atoms with Crippen molar-refractivity contribution in [3.05, 3.63) is 34.2 Å². The number of aryl methyl sites for hydroxylation is 1. The van der Waals surface area contributed by atoms with E-state index in [4.69, 9.17) is 5.26 Å². The topological polar surface area (TPSA) is 45.8 Å². The molecule has 1 aromatic rings. The Labute approximate surface area is 68.7 Å². The monoisotopic (exact) mass is 166 g/mol. The van der Waals surface area contributed by atoms with Gasteiger partial charge in [0.2, 0.25) is 0 Å². The SMILES string of the molecule is N#Cc1ccc(=O)n(CCF)c1. The molecule has 0 N–H and O–H groups in total. The van der Waals surface area contributed by atoms with Gasteiger partial charge in [-0.2, -0.15) is 5.26 Å². The third-order valence-electron chi connectivity index (χ3n) is 1.44. The predicted octanol–water partition coefficient (Wildman–Crippen LogP) is 0.689. The predicted molar refractivity (Wildman–Crippen MR) is 41.4 cm³/mol. The molecule has 3 nitrogen and oxygen atoms in total. The van der Waals surface area contributed by atoms with Gasteiger partial charge in [0.1, 0.15) is 12.7 Å². The zero-order chi connectivity index (χ0) is 8.97. The second-order valence-corrected chi connectivity index (χ2v) is 2.25. The molecule has 1 heterocycles. The summed E-state index contributed by atoms with van der Waals surface area (Å²) in [6, 6.07) is 4.54. The van der Waals surface area contributed by atoms with Gasteiger partial charge in [-0.15, -0.1) is 0 Å². The molecular weight excluding hydrogens is 159 g/mol. The molecule has 0 radical (unpaired) electrons. The van der Waals surface area contributed by atoms with Crippen LogP contribution in [0.2, 0.25) is 0 Å². The molecule has 4 heteroatoms. The molecule has 1 aromatic heterocycles. The Kier molecular flexibility index (Phi) is 2.59. The van der Waals surface area contributed by atoms with Crippen LogP contribution in [0.15, 0.2) is 23.1 Å². The quantitative estimate of drug-likeness (QED) is 0.648. The minimum absolute atomic E-state index is 0.00829. The average Bonchev–Trinajstić information content (AvgIpc) is 2.09. The number of hydrogen-bond donors (Lipinski definition) is 0. The van der Waals surface area contributed by atoms with Crippen LogP contribution in [0.1, 0.15) is 5.56 Å². The molecule has 12 heavy (non-hydrogen) atoms. The van der Waals surface area contributed by atoms with Crippen LogP contribution in [0.25, 0.3) is 0 Å². The van der Waals surface area contributed by atoms with Crippen LogP contribution in [-0.2, 0) is 6.54 Å². The first-order valence-corrected chi connectivity index (χ1v) is 3.44. The zero-order valence-electron chi connectivity index (χ0n) is 6.33. The van der Waals surface area contributed by atoms with Crippen LogP contribution in [0.5, 0.6) is 0 Å². The Hall–Kier alpha value is -1.63. The first kappa shape index (κ1) is 8.47. The smallest absolute Gasteiger partial charge is 0.250 e. The highest BCUT2D eigenvalue weighted by molar-refractivity contribution is 5.24. The molecular formula is C8H7FN2O. The number of pyridine rings is 1. The van der Waals surface area contributed by atoms with E-state index in [1.807, 2.05) is 6.07 Å². The Morgan fingerprint density at radius 3 is 2.92 bits per heavy atom. The molecule has 1 rings (SSSR count). The molecule has 0 fully saturated rings. The van der Waals surface area contributed by atoms with Crippen LogP contribution in [-0.4, -0.2) is 11.2 Å². The highest BCUT2D eigenvalue weighted by Gasteiger charge is 1.96. The second-order valence-electron chi connectivity index (χ2n) is 2.25. The number of hydrogen-bond acceptors (Lipinski definition) is 2. The van der Waals surface area contributed by atoms with E-state index >= 15 is 0 Å². The summed E-state index contributed by atoms with van der Waals surface area (Å²) in [4.78, 5) is 11.0. The van der Waals surface area contributed by atoms with Crippen LogP contribution in [0, 0.1) is 11.3 Å². The number of nitrogens with zero attached hydrogens (tertiary/aromatic N) is 2. The third-order valence-corrected chi connectivity index (χ3v) is 1.44. The summed E-state index contributed by atoms with van der Waals surface area (Å²) in [6.45, 7) is -0.594. The summed E-state index contributed by atoms with van der Waals surface area (Å²) in [5.41, 5.74) is 0.0784. The molecule has 0 bridgehead atoms. The van der Waals surface area contributed by atoms with Crippen LogP contribution >= 0.6 is 0 Å². The van der Waals surface area contributed by atoms with E-state index in [0.29, 0.717) is 5.56 Å². The first-order chi connectivity index (χ1) is 5.77. The van der Waals surface area contributed by atoms with Gasteiger partial charge in [-0.1, -0.05) is 0 Å². The first-order valence-electron chi connectivity index (χ1n) is 3.44. The van der Waals surface area contributed by atoms with E-state index in [1.165, 1.54) is 22.9 Å². The Morgan fingerprint density at radius 1 is 1.58 bits per heavy atom. The fourth-order valence-electron chi connectivity index (χ4n) is 0.863. The van der Waals surface area contributed by atoms with Crippen molar-refractivity contribution in [3.8, 4) is 6.07 Å². The standard InChI is InChI=1S/C8H7FN2O/c9-3-4-11-6-7(5-10)1-2-8(11)12/h1-2,6H,3-4H2. The van der Waals surface area contributed by atoms with Crippen LogP contribution < -0.4 is 5.56 Å². The highest BCUT2D eigenvalue weighted by Crippen LogP contribution is 1.92. The molecule has 0 unspecified atom stereocenters. The molecule has 0 aliphatic rings. The highest BCUT2D eigenvalue weighted by atomic mass is 19.1. The maximum absolute atomic E-state index is 11.9. The summed E-state index contributed by atoms with van der Waals surface area (Å²) in [6.07, 6.45) is 1.35. The Morgan fingerprint density at radius 2 is 2.33 bits per heavy atom. The molecule has 0 atom stereocenters. The van der Waals surface area contributed by atoms with Crippen molar-refractivity contribution in [2.75, 3.05) is 6.67 Å². The minimum atomic E-state index is -0.602. The van der Waals surface area contributed by atoms with Crippen molar-refractivity contribution in [2.45, 2.75) is 6.54 Å². The lowest BCUT2D eigenvalue weighted by Crippen LogP contribution is -2.19. The van der Waals surface area contributed by atoms with Gasteiger partial charge in [-0.05, 0) is 6.07 Å². The Balaban J connectivity index is 3.10. The number of nitriles is 1. The zero-order valence-corrected chi connectivity index (χ0v) is 6.33. The van der Waals surface area contributed by atoms with Gasteiger partial charge in [0.25, 0.3) is 5.56 Å². The van der Waals surface area contributed by atoms with Crippen molar-refractivity contribution in [1.29, 1.82) is 5.26 Å². The summed E-state index contributed by atoms with van der Waals surface area (Å²) >= 11 is 0. The van der Waals surface area contributed by atoms with E-state index in [1.54, 1.807) is 0 Å². The summed E-state index contributed by atoms with van der Waals surface area (Å²) in [5.74, 6) is 0. The number of halogens is 1. The van der Waals surface area contributed by atoms with E-state index in [-0.39, 0.29) is 12.1 Å². The van der Waals surface area contributed by atoms with Gasteiger partial charge in [-0.25, -0.2) is 4.39 Å². The fraction of sp³-hybridized carbons (Fsp3) is 0.250. The molecule has 0 amide bonds. The summed E-state index contributed by atoms with van der Waals surface area (Å²) < 4.78 is 13.0. The van der Waals surface area contributed by atoms with Crippen molar-refractivity contribution in [1.82, 2.24) is 4.57 Å². The fourth-order valence-corrected chi connectivity index (χ4v) is 0.863.